The van der Waals surface area contributed by atoms with E-state index >= 15 is 0 Å². The summed E-state index contributed by atoms with van der Waals surface area (Å²) >= 11 is 0. The molecule has 0 radical (unpaired) electrons. The quantitative estimate of drug-likeness (QED) is 0.854. The number of carboxylic acid groups (broad SMARTS) is 1. The predicted molar refractivity (Wildman–Crippen MR) is 80.4 cm³/mol. The minimum absolute atomic E-state index is 0.249. The second kappa shape index (κ2) is 6.85. The van der Waals surface area contributed by atoms with Crippen LogP contribution >= 0.6 is 0 Å². The summed E-state index contributed by atoms with van der Waals surface area (Å²) in [5.41, 5.74) is 4.05. The molecule has 5 nitrogen and oxygen atoms in total. The number of ether oxygens (including phenoxy) is 1. The van der Waals surface area contributed by atoms with Crippen LogP contribution in [0.3, 0.4) is 0 Å². The molecule has 5 heteroatoms. The van der Waals surface area contributed by atoms with Crippen LogP contribution in [-0.4, -0.2) is 23.2 Å². The van der Waals surface area contributed by atoms with Gasteiger partial charge in [0.15, 0.2) is 0 Å². The average Bonchev–Trinajstić information content (AvgIpc) is 2.46. The van der Waals surface area contributed by atoms with Crippen molar-refractivity contribution in [2.24, 2.45) is 0 Å². The van der Waals surface area contributed by atoms with Crippen molar-refractivity contribution in [2.75, 3.05) is 12.4 Å². The highest BCUT2D eigenvalue weighted by Gasteiger charge is 2.07. The van der Waals surface area contributed by atoms with Gasteiger partial charge in [-0.2, -0.15) is 0 Å². The predicted octanol–water partition coefficient (Wildman–Crippen LogP) is 2.85. The largest absolute Gasteiger partial charge is 0.478 e. The van der Waals surface area contributed by atoms with Crippen molar-refractivity contribution < 1.29 is 14.6 Å². The van der Waals surface area contributed by atoms with Gasteiger partial charge >= 0.3 is 5.97 Å². The second-order valence-corrected chi connectivity index (χ2v) is 4.81. The van der Waals surface area contributed by atoms with Gasteiger partial charge in [0.25, 0.3) is 0 Å². The van der Waals surface area contributed by atoms with E-state index in [1.807, 2.05) is 19.1 Å². The number of aryl methyl sites for hydroxylation is 1. The third kappa shape index (κ3) is 4.03. The number of methoxy groups -OCH3 is 1. The number of rotatable bonds is 6. The van der Waals surface area contributed by atoms with E-state index in [1.165, 1.54) is 0 Å². The summed E-state index contributed by atoms with van der Waals surface area (Å²) < 4.78 is 5.07. The van der Waals surface area contributed by atoms with Gasteiger partial charge in [-0.3, -0.25) is 4.98 Å². The Labute approximate surface area is 123 Å². The van der Waals surface area contributed by atoms with Crippen LogP contribution in [0.4, 0.5) is 5.69 Å². The number of hydrogen-bond donors (Lipinski definition) is 2. The highest BCUT2D eigenvalue weighted by Crippen LogP contribution is 2.17. The van der Waals surface area contributed by atoms with Gasteiger partial charge in [0.2, 0.25) is 0 Å². The fraction of sp³-hybridized carbons (Fsp3) is 0.250. The number of hydrogen-bond acceptors (Lipinski definition) is 4. The van der Waals surface area contributed by atoms with Crippen molar-refractivity contribution in [1.82, 2.24) is 4.98 Å². The van der Waals surface area contributed by atoms with E-state index in [1.54, 1.807) is 31.6 Å². The molecule has 0 spiro atoms. The summed E-state index contributed by atoms with van der Waals surface area (Å²) in [5.74, 6) is -0.948. The first-order valence-corrected chi connectivity index (χ1v) is 6.59. The molecule has 110 valence electrons. The summed E-state index contributed by atoms with van der Waals surface area (Å²) in [5, 5.41) is 12.4. The van der Waals surface area contributed by atoms with Crippen molar-refractivity contribution in [2.45, 2.75) is 20.1 Å². The summed E-state index contributed by atoms with van der Waals surface area (Å²) in [6.07, 6.45) is 3.55. The van der Waals surface area contributed by atoms with Gasteiger partial charge in [-0.1, -0.05) is 0 Å². The van der Waals surface area contributed by atoms with Crippen LogP contribution in [0.2, 0.25) is 0 Å². The molecular formula is C16H18N2O3. The Morgan fingerprint density at radius 3 is 2.86 bits per heavy atom. The minimum Gasteiger partial charge on any atom is -0.478 e. The lowest BCUT2D eigenvalue weighted by Crippen LogP contribution is -2.05. The third-order valence-corrected chi connectivity index (χ3v) is 3.17. The van der Waals surface area contributed by atoms with Gasteiger partial charge in [0.05, 0.1) is 12.2 Å². The zero-order valence-corrected chi connectivity index (χ0v) is 12.1. The Morgan fingerprint density at radius 2 is 2.19 bits per heavy atom. The van der Waals surface area contributed by atoms with Crippen LogP contribution in [0.1, 0.15) is 27.0 Å². The molecule has 1 aromatic carbocycles. The van der Waals surface area contributed by atoms with Crippen molar-refractivity contribution in [3.05, 3.63) is 58.9 Å². The van der Waals surface area contributed by atoms with Crippen molar-refractivity contribution in [3.8, 4) is 0 Å². The first kappa shape index (κ1) is 15.0. The van der Waals surface area contributed by atoms with Crippen LogP contribution in [0.5, 0.6) is 0 Å². The van der Waals surface area contributed by atoms with E-state index in [0.29, 0.717) is 13.2 Å². The molecule has 0 fully saturated rings. The molecule has 0 atom stereocenters. The summed E-state index contributed by atoms with van der Waals surface area (Å²) in [6, 6.07) is 7.08. The maximum Gasteiger partial charge on any atom is 0.335 e. The highest BCUT2D eigenvalue weighted by atomic mass is 16.5. The molecule has 0 bridgehead atoms. The summed E-state index contributed by atoms with van der Waals surface area (Å²) in [4.78, 5) is 15.2. The van der Waals surface area contributed by atoms with Gasteiger partial charge in [-0.05, 0) is 47.9 Å². The normalized spacial score (nSPS) is 10.4. The van der Waals surface area contributed by atoms with Crippen molar-refractivity contribution in [1.29, 1.82) is 0 Å². The lowest BCUT2D eigenvalue weighted by molar-refractivity contribution is 0.0696. The van der Waals surface area contributed by atoms with Crippen LogP contribution in [-0.2, 0) is 17.9 Å². The average molecular weight is 286 g/mol. The molecule has 1 aromatic heterocycles. The molecule has 0 aliphatic rings. The highest BCUT2D eigenvalue weighted by molar-refractivity contribution is 5.89. The second-order valence-electron chi connectivity index (χ2n) is 4.81. The number of carboxylic acids is 1. The third-order valence-electron chi connectivity index (χ3n) is 3.17. The van der Waals surface area contributed by atoms with E-state index in [4.69, 9.17) is 9.84 Å². The number of aromatic carboxylic acids is 1. The smallest absolute Gasteiger partial charge is 0.335 e. The fourth-order valence-electron chi connectivity index (χ4n) is 2.07. The number of nitrogens with one attached hydrogen (secondary N) is 1. The van der Waals surface area contributed by atoms with Gasteiger partial charge in [0.1, 0.15) is 0 Å². The Morgan fingerprint density at radius 1 is 1.38 bits per heavy atom. The number of aromatic nitrogens is 1. The molecule has 0 unspecified atom stereocenters. The topological polar surface area (TPSA) is 71.5 Å². The van der Waals surface area contributed by atoms with Crippen LogP contribution < -0.4 is 5.32 Å². The molecule has 0 amide bonds. The standard InChI is InChI=1S/C16H18N2O3/c1-11-8-17-4-3-13(11)9-18-15-6-12(10-21-2)5-14(7-15)16(19)20/h3-8,18H,9-10H2,1-2H3,(H,19,20). The number of pyridine rings is 1. The molecule has 21 heavy (non-hydrogen) atoms. The first-order chi connectivity index (χ1) is 10.1. The molecule has 2 aromatic rings. The zero-order valence-electron chi connectivity index (χ0n) is 12.1. The van der Waals surface area contributed by atoms with E-state index in [2.05, 4.69) is 10.3 Å². The number of carbonyl (C=O) groups is 1. The lowest BCUT2D eigenvalue weighted by Gasteiger charge is -2.11. The van der Waals surface area contributed by atoms with Crippen molar-refractivity contribution in [3.63, 3.8) is 0 Å². The van der Waals surface area contributed by atoms with Crippen LogP contribution in [0, 0.1) is 6.92 Å². The Kier molecular flexibility index (Phi) is 4.90. The number of anilines is 1. The summed E-state index contributed by atoms with van der Waals surface area (Å²) in [6.45, 7) is 2.99. The van der Waals surface area contributed by atoms with Crippen LogP contribution in [0.25, 0.3) is 0 Å². The first-order valence-electron chi connectivity index (χ1n) is 6.59. The van der Waals surface area contributed by atoms with Gasteiger partial charge in [-0.25, -0.2) is 4.79 Å². The van der Waals surface area contributed by atoms with Gasteiger partial charge in [0, 0.05) is 31.7 Å². The minimum atomic E-state index is -0.948. The molecule has 1 heterocycles. The molecule has 2 N–H and O–H groups in total. The van der Waals surface area contributed by atoms with E-state index in [9.17, 15) is 4.79 Å². The SMILES string of the molecule is COCc1cc(NCc2ccncc2C)cc(C(=O)O)c1. The van der Waals surface area contributed by atoms with Crippen LogP contribution in [0.15, 0.2) is 36.7 Å². The number of benzene rings is 1. The van der Waals surface area contributed by atoms with E-state index in [0.717, 1.165) is 22.4 Å². The maximum absolute atomic E-state index is 11.2. The maximum atomic E-state index is 11.2. The monoisotopic (exact) mass is 286 g/mol. The lowest BCUT2D eigenvalue weighted by atomic mass is 10.1. The number of nitrogens with zero attached hydrogens (tertiary/aromatic N) is 1. The van der Waals surface area contributed by atoms with E-state index < -0.39 is 5.97 Å². The fourth-order valence-corrected chi connectivity index (χ4v) is 2.07. The molecule has 0 aliphatic heterocycles. The molecule has 0 saturated heterocycles. The van der Waals surface area contributed by atoms with E-state index in [-0.39, 0.29) is 5.56 Å². The Bertz CT molecular complexity index is 641. The molecule has 0 saturated carbocycles. The molecular weight excluding hydrogens is 268 g/mol. The molecule has 0 aliphatic carbocycles. The van der Waals surface area contributed by atoms with Crippen molar-refractivity contribution >= 4 is 11.7 Å². The van der Waals surface area contributed by atoms with Gasteiger partial charge < -0.3 is 15.2 Å². The molecule has 2 rings (SSSR count). The van der Waals surface area contributed by atoms with Gasteiger partial charge in [-0.15, -0.1) is 0 Å². The summed E-state index contributed by atoms with van der Waals surface area (Å²) in [7, 11) is 1.58. The zero-order chi connectivity index (χ0) is 15.2. The Hall–Kier alpha value is -2.40. The Balaban J connectivity index is 2.19.